The molecule has 0 atom stereocenters. The molecule has 0 spiro atoms. The molecule has 0 aliphatic carbocycles. The predicted octanol–water partition coefficient (Wildman–Crippen LogP) is 4.19. The summed E-state index contributed by atoms with van der Waals surface area (Å²) in [5.41, 5.74) is 3.32. The molecule has 5 rings (SSSR count). The molecule has 4 aromatic rings. The van der Waals surface area contributed by atoms with Crippen LogP contribution in [0.25, 0.3) is 21.7 Å². The first-order valence-corrected chi connectivity index (χ1v) is 10.7. The molecule has 1 aliphatic rings. The van der Waals surface area contributed by atoms with Gasteiger partial charge in [-0.3, -0.25) is 9.69 Å². The number of carbonyl (C=O) groups excluding carboxylic acids is 1. The Balaban J connectivity index is 1.21. The monoisotopic (exact) mass is 408 g/mol. The van der Waals surface area contributed by atoms with E-state index < -0.39 is 0 Å². The molecule has 5 heteroatoms. The topological polar surface area (TPSA) is 63.1 Å². The molecule has 1 fully saturated rings. The number of benzene rings is 3. The molecule has 1 saturated heterocycles. The van der Waals surface area contributed by atoms with E-state index in [1.54, 1.807) is 6.20 Å². The van der Waals surface area contributed by atoms with E-state index in [0.717, 1.165) is 50.0 Å². The Labute approximate surface area is 181 Å². The van der Waals surface area contributed by atoms with E-state index in [4.69, 9.17) is 0 Å². The van der Waals surface area contributed by atoms with Gasteiger partial charge in [-0.05, 0) is 28.8 Å². The van der Waals surface area contributed by atoms with Crippen molar-refractivity contribution >= 4 is 27.6 Å². The molecule has 0 bridgehead atoms. The number of para-hydroxylation sites is 1. The van der Waals surface area contributed by atoms with Crippen LogP contribution in [-0.2, 0) is 6.42 Å². The number of carbonyl (C=O) groups is 1. The van der Waals surface area contributed by atoms with E-state index in [1.165, 1.54) is 16.3 Å². The summed E-state index contributed by atoms with van der Waals surface area (Å²) < 4.78 is 0. The average Bonchev–Trinajstić information content (AvgIpc) is 3.26. The van der Waals surface area contributed by atoms with Gasteiger partial charge >= 0.3 is 0 Å². The van der Waals surface area contributed by atoms with Crippen LogP contribution in [0.2, 0.25) is 0 Å². The summed E-state index contributed by atoms with van der Waals surface area (Å²) in [6.07, 6.45) is 2.68. The van der Waals surface area contributed by atoms with Crippen molar-refractivity contribution in [1.29, 1.82) is 5.26 Å². The predicted molar refractivity (Wildman–Crippen MR) is 123 cm³/mol. The zero-order valence-electron chi connectivity index (χ0n) is 17.3. The summed E-state index contributed by atoms with van der Waals surface area (Å²) in [7, 11) is 0. The SMILES string of the molecule is N#Cc1c[nH]c2c(C(=O)N3CCN(CCc4ccc5ccccc5c4)CC3)cccc12. The Bertz CT molecular complexity index is 1290. The Morgan fingerprint density at radius 3 is 2.58 bits per heavy atom. The van der Waals surface area contributed by atoms with Crippen LogP contribution >= 0.6 is 0 Å². The summed E-state index contributed by atoms with van der Waals surface area (Å²) in [6.45, 7) is 4.20. The normalized spacial score (nSPS) is 14.7. The van der Waals surface area contributed by atoms with E-state index in [1.807, 2.05) is 23.1 Å². The number of fused-ring (bicyclic) bond motifs is 2. The lowest BCUT2D eigenvalue weighted by Gasteiger charge is -2.35. The van der Waals surface area contributed by atoms with Gasteiger partial charge < -0.3 is 9.88 Å². The maximum Gasteiger partial charge on any atom is 0.256 e. The molecule has 31 heavy (non-hydrogen) atoms. The molecule has 3 aromatic carbocycles. The van der Waals surface area contributed by atoms with E-state index in [-0.39, 0.29) is 5.91 Å². The molecule has 5 nitrogen and oxygen atoms in total. The number of H-pyrrole nitrogens is 1. The molecule has 2 heterocycles. The number of nitriles is 1. The molecule has 1 aromatic heterocycles. The van der Waals surface area contributed by atoms with Crippen LogP contribution in [-0.4, -0.2) is 53.4 Å². The number of nitrogens with one attached hydrogen (secondary N) is 1. The van der Waals surface area contributed by atoms with Crippen LogP contribution in [0.5, 0.6) is 0 Å². The van der Waals surface area contributed by atoms with Gasteiger partial charge in [-0.1, -0.05) is 54.6 Å². The highest BCUT2D eigenvalue weighted by atomic mass is 16.2. The van der Waals surface area contributed by atoms with Crippen LogP contribution in [0.1, 0.15) is 21.5 Å². The number of aromatic nitrogens is 1. The lowest BCUT2D eigenvalue weighted by atomic mass is 10.0. The molecular formula is C26H24N4O. The van der Waals surface area contributed by atoms with Crippen molar-refractivity contribution in [2.24, 2.45) is 0 Å². The maximum absolute atomic E-state index is 13.1. The number of aromatic amines is 1. The second kappa shape index (κ2) is 8.25. The summed E-state index contributed by atoms with van der Waals surface area (Å²) >= 11 is 0. The van der Waals surface area contributed by atoms with E-state index >= 15 is 0 Å². The van der Waals surface area contributed by atoms with Crippen LogP contribution in [0, 0.1) is 11.3 Å². The number of hydrogen-bond donors (Lipinski definition) is 1. The fraction of sp³-hybridized carbons (Fsp3) is 0.231. The van der Waals surface area contributed by atoms with Gasteiger partial charge in [0, 0.05) is 44.3 Å². The van der Waals surface area contributed by atoms with Crippen molar-refractivity contribution in [3.05, 3.63) is 83.6 Å². The fourth-order valence-electron chi connectivity index (χ4n) is 4.45. The first-order valence-electron chi connectivity index (χ1n) is 10.7. The minimum Gasteiger partial charge on any atom is -0.359 e. The number of amides is 1. The third-order valence-corrected chi connectivity index (χ3v) is 6.26. The zero-order chi connectivity index (χ0) is 21.2. The van der Waals surface area contributed by atoms with Crippen LogP contribution < -0.4 is 0 Å². The van der Waals surface area contributed by atoms with Crippen LogP contribution in [0.4, 0.5) is 0 Å². The molecule has 1 aliphatic heterocycles. The quantitative estimate of drug-likeness (QED) is 0.551. The van der Waals surface area contributed by atoms with Gasteiger partial charge in [-0.2, -0.15) is 5.26 Å². The maximum atomic E-state index is 13.1. The van der Waals surface area contributed by atoms with Crippen molar-refractivity contribution in [1.82, 2.24) is 14.8 Å². The molecule has 1 amide bonds. The fourth-order valence-corrected chi connectivity index (χ4v) is 4.45. The summed E-state index contributed by atoms with van der Waals surface area (Å²) in [4.78, 5) is 20.6. The van der Waals surface area contributed by atoms with E-state index in [2.05, 4.69) is 58.4 Å². The summed E-state index contributed by atoms with van der Waals surface area (Å²) in [5.74, 6) is 0.0334. The molecule has 0 saturated carbocycles. The number of rotatable bonds is 4. The van der Waals surface area contributed by atoms with Gasteiger partial charge in [0.15, 0.2) is 0 Å². The standard InChI is InChI=1S/C26H24N4O/c27-17-22-18-28-25-23(22)6-3-7-24(25)26(31)30-14-12-29(13-15-30)11-10-19-8-9-20-4-1-2-5-21(20)16-19/h1-9,16,18,28H,10-15H2. The minimum absolute atomic E-state index is 0.0334. The highest BCUT2D eigenvalue weighted by molar-refractivity contribution is 6.07. The minimum atomic E-state index is 0.0334. The smallest absolute Gasteiger partial charge is 0.256 e. The van der Waals surface area contributed by atoms with Gasteiger partial charge in [0.1, 0.15) is 6.07 Å². The lowest BCUT2D eigenvalue weighted by Crippen LogP contribution is -2.49. The van der Waals surface area contributed by atoms with E-state index in [9.17, 15) is 10.1 Å². The van der Waals surface area contributed by atoms with Gasteiger partial charge in [0.25, 0.3) is 5.91 Å². The number of nitrogens with zero attached hydrogens (tertiary/aromatic N) is 3. The van der Waals surface area contributed by atoms with Crippen molar-refractivity contribution < 1.29 is 4.79 Å². The molecule has 0 radical (unpaired) electrons. The Kier molecular flexibility index (Phi) is 5.15. The first-order chi connectivity index (χ1) is 15.2. The van der Waals surface area contributed by atoms with Crippen LogP contribution in [0.3, 0.4) is 0 Å². The van der Waals surface area contributed by atoms with Crippen molar-refractivity contribution in [2.75, 3.05) is 32.7 Å². The van der Waals surface area contributed by atoms with E-state index in [0.29, 0.717) is 11.1 Å². The summed E-state index contributed by atoms with van der Waals surface area (Å²) in [6, 6.07) is 22.9. The van der Waals surface area contributed by atoms with Crippen LogP contribution in [0.15, 0.2) is 66.9 Å². The van der Waals surface area contributed by atoms with Crippen molar-refractivity contribution in [2.45, 2.75) is 6.42 Å². The summed E-state index contributed by atoms with van der Waals surface area (Å²) in [5, 5.41) is 12.6. The zero-order valence-corrected chi connectivity index (χ0v) is 17.3. The number of piperazine rings is 1. The third kappa shape index (κ3) is 3.78. The first kappa shape index (κ1) is 19.3. The number of hydrogen-bond acceptors (Lipinski definition) is 3. The van der Waals surface area contributed by atoms with Crippen molar-refractivity contribution in [3.8, 4) is 6.07 Å². The molecule has 0 unspecified atom stereocenters. The Morgan fingerprint density at radius 1 is 0.968 bits per heavy atom. The lowest BCUT2D eigenvalue weighted by molar-refractivity contribution is 0.0640. The highest BCUT2D eigenvalue weighted by Crippen LogP contribution is 2.23. The highest BCUT2D eigenvalue weighted by Gasteiger charge is 2.24. The Morgan fingerprint density at radius 2 is 1.77 bits per heavy atom. The van der Waals surface area contributed by atoms with Crippen molar-refractivity contribution in [3.63, 3.8) is 0 Å². The second-order valence-corrected chi connectivity index (χ2v) is 8.11. The second-order valence-electron chi connectivity index (χ2n) is 8.11. The largest absolute Gasteiger partial charge is 0.359 e. The molecule has 154 valence electrons. The van der Waals surface area contributed by atoms with Gasteiger partial charge in [-0.15, -0.1) is 0 Å². The molecule has 1 N–H and O–H groups in total. The average molecular weight is 409 g/mol. The van der Waals surface area contributed by atoms with Gasteiger partial charge in [0.05, 0.1) is 16.6 Å². The van der Waals surface area contributed by atoms with Gasteiger partial charge in [0.2, 0.25) is 0 Å². The van der Waals surface area contributed by atoms with Gasteiger partial charge in [-0.25, -0.2) is 0 Å². The Hall–Kier alpha value is -3.62. The molecular weight excluding hydrogens is 384 g/mol. The third-order valence-electron chi connectivity index (χ3n) is 6.26.